The SMILES string of the molecule is O=C(c1ccc(S(=O)(=O)Nc2ccccc2F)cc1)N1CCc2sccc2C1. The third-order valence-electron chi connectivity index (χ3n) is 4.62. The van der Waals surface area contributed by atoms with Crippen LogP contribution >= 0.6 is 11.3 Å². The fourth-order valence-electron chi connectivity index (χ4n) is 3.13. The number of hydrogen-bond acceptors (Lipinski definition) is 4. The van der Waals surface area contributed by atoms with Crippen LogP contribution in [0.2, 0.25) is 0 Å². The highest BCUT2D eigenvalue weighted by molar-refractivity contribution is 7.92. The molecule has 28 heavy (non-hydrogen) atoms. The van der Waals surface area contributed by atoms with Crippen molar-refractivity contribution in [2.24, 2.45) is 0 Å². The van der Waals surface area contributed by atoms with Gasteiger partial charge in [-0.15, -0.1) is 11.3 Å². The normalized spacial score (nSPS) is 13.8. The molecule has 0 spiro atoms. The van der Waals surface area contributed by atoms with Gasteiger partial charge < -0.3 is 4.90 Å². The van der Waals surface area contributed by atoms with E-state index in [2.05, 4.69) is 4.72 Å². The maximum atomic E-state index is 13.7. The van der Waals surface area contributed by atoms with Crippen molar-refractivity contribution in [2.75, 3.05) is 11.3 Å². The van der Waals surface area contributed by atoms with Gasteiger partial charge in [0.2, 0.25) is 0 Å². The molecular weight excluding hydrogens is 399 g/mol. The summed E-state index contributed by atoms with van der Waals surface area (Å²) in [6.45, 7) is 1.20. The fourth-order valence-corrected chi connectivity index (χ4v) is 5.09. The molecule has 0 atom stereocenters. The highest BCUT2D eigenvalue weighted by Gasteiger charge is 2.23. The summed E-state index contributed by atoms with van der Waals surface area (Å²) < 4.78 is 40.9. The largest absolute Gasteiger partial charge is 0.334 e. The van der Waals surface area contributed by atoms with E-state index in [1.54, 1.807) is 22.3 Å². The summed E-state index contributed by atoms with van der Waals surface area (Å²) in [4.78, 5) is 15.8. The number of nitrogens with one attached hydrogen (secondary N) is 1. The zero-order chi connectivity index (χ0) is 19.7. The minimum Gasteiger partial charge on any atom is -0.334 e. The number of nitrogens with zero attached hydrogens (tertiary/aromatic N) is 1. The summed E-state index contributed by atoms with van der Waals surface area (Å²) in [6, 6.07) is 13.3. The molecule has 8 heteroatoms. The summed E-state index contributed by atoms with van der Waals surface area (Å²) in [7, 11) is -3.95. The Bertz CT molecular complexity index is 1120. The molecule has 2 aromatic carbocycles. The average molecular weight is 416 g/mol. The molecule has 0 saturated carbocycles. The number of carbonyl (C=O) groups excluding carboxylic acids is 1. The van der Waals surface area contributed by atoms with Gasteiger partial charge in [0.15, 0.2) is 0 Å². The van der Waals surface area contributed by atoms with Crippen molar-refractivity contribution in [1.82, 2.24) is 4.90 Å². The molecule has 1 aromatic heterocycles. The molecule has 5 nitrogen and oxygen atoms in total. The quantitative estimate of drug-likeness (QED) is 0.702. The Hall–Kier alpha value is -2.71. The minimum absolute atomic E-state index is 0.0360. The molecule has 0 unspecified atom stereocenters. The number of fused-ring (bicyclic) bond motifs is 1. The van der Waals surface area contributed by atoms with Crippen LogP contribution < -0.4 is 4.72 Å². The van der Waals surface area contributed by atoms with Gasteiger partial charge in [-0.2, -0.15) is 0 Å². The maximum absolute atomic E-state index is 13.7. The maximum Gasteiger partial charge on any atom is 0.261 e. The van der Waals surface area contributed by atoms with Crippen molar-refractivity contribution in [1.29, 1.82) is 0 Å². The molecule has 0 fully saturated rings. The molecule has 2 heterocycles. The van der Waals surface area contributed by atoms with Crippen LogP contribution in [-0.4, -0.2) is 25.8 Å². The van der Waals surface area contributed by atoms with Crippen LogP contribution in [0.4, 0.5) is 10.1 Å². The Morgan fingerprint density at radius 3 is 2.57 bits per heavy atom. The fraction of sp³-hybridized carbons (Fsp3) is 0.150. The second-order valence-corrected chi connectivity index (χ2v) is 9.14. The van der Waals surface area contributed by atoms with Crippen molar-refractivity contribution in [3.8, 4) is 0 Å². The van der Waals surface area contributed by atoms with Crippen LogP contribution in [0.3, 0.4) is 0 Å². The van der Waals surface area contributed by atoms with Crippen molar-refractivity contribution in [2.45, 2.75) is 17.9 Å². The molecule has 4 rings (SSSR count). The summed E-state index contributed by atoms with van der Waals surface area (Å²) in [5.41, 5.74) is 1.46. The van der Waals surface area contributed by atoms with Gasteiger partial charge in [0.1, 0.15) is 5.82 Å². The number of hydrogen-bond donors (Lipinski definition) is 1. The highest BCUT2D eigenvalue weighted by Crippen LogP contribution is 2.25. The van der Waals surface area contributed by atoms with Crippen molar-refractivity contribution < 1.29 is 17.6 Å². The first-order valence-corrected chi connectivity index (χ1v) is 11.0. The minimum atomic E-state index is -3.95. The standard InChI is InChI=1S/C20H17FN2O3S2/c21-17-3-1-2-4-18(17)22-28(25,26)16-7-5-14(6-8-16)20(24)23-11-9-19-15(13-23)10-12-27-19/h1-8,10,12,22H,9,11,13H2. The van der Waals surface area contributed by atoms with Gasteiger partial charge in [0, 0.05) is 23.5 Å². The zero-order valence-electron chi connectivity index (χ0n) is 14.8. The third kappa shape index (κ3) is 3.65. The number of para-hydroxylation sites is 1. The number of amides is 1. The van der Waals surface area contributed by atoms with E-state index in [0.717, 1.165) is 12.0 Å². The average Bonchev–Trinajstić information content (AvgIpc) is 3.17. The first-order chi connectivity index (χ1) is 13.4. The monoisotopic (exact) mass is 416 g/mol. The molecule has 144 valence electrons. The zero-order valence-corrected chi connectivity index (χ0v) is 16.4. The second-order valence-electron chi connectivity index (χ2n) is 6.46. The molecule has 0 radical (unpaired) electrons. The van der Waals surface area contributed by atoms with Crippen LogP contribution in [0, 0.1) is 5.82 Å². The second kappa shape index (κ2) is 7.37. The Morgan fingerprint density at radius 1 is 1.07 bits per heavy atom. The van der Waals surface area contributed by atoms with E-state index >= 15 is 0 Å². The van der Waals surface area contributed by atoms with Gasteiger partial charge in [-0.25, -0.2) is 12.8 Å². The van der Waals surface area contributed by atoms with Crippen molar-refractivity contribution >= 4 is 33.0 Å². The molecule has 0 aliphatic carbocycles. The van der Waals surface area contributed by atoms with Crippen LogP contribution in [0.15, 0.2) is 64.9 Å². The molecule has 0 saturated heterocycles. The number of halogens is 1. The number of rotatable bonds is 4. The van der Waals surface area contributed by atoms with E-state index in [9.17, 15) is 17.6 Å². The van der Waals surface area contributed by atoms with Crippen molar-refractivity contribution in [3.63, 3.8) is 0 Å². The lowest BCUT2D eigenvalue weighted by Gasteiger charge is -2.27. The van der Waals surface area contributed by atoms with Crippen LogP contribution in [0.1, 0.15) is 20.8 Å². The van der Waals surface area contributed by atoms with Gasteiger partial charge in [-0.1, -0.05) is 12.1 Å². The van der Waals surface area contributed by atoms with Gasteiger partial charge in [-0.05, 0) is 59.8 Å². The summed E-state index contributed by atoms with van der Waals surface area (Å²) in [5.74, 6) is -0.793. The number of thiophene rings is 1. The lowest BCUT2D eigenvalue weighted by molar-refractivity contribution is 0.0736. The molecule has 1 aliphatic rings. The van der Waals surface area contributed by atoms with Crippen LogP contribution in [0.5, 0.6) is 0 Å². The van der Waals surface area contributed by atoms with E-state index in [4.69, 9.17) is 0 Å². The lowest BCUT2D eigenvalue weighted by atomic mass is 10.1. The predicted molar refractivity (Wildman–Crippen MR) is 106 cm³/mol. The first kappa shape index (κ1) is 18.6. The highest BCUT2D eigenvalue weighted by atomic mass is 32.2. The summed E-state index contributed by atoms with van der Waals surface area (Å²) >= 11 is 1.70. The number of sulfonamides is 1. The number of anilines is 1. The van der Waals surface area contributed by atoms with E-state index in [0.29, 0.717) is 18.7 Å². The molecular formula is C20H17FN2O3S2. The van der Waals surface area contributed by atoms with Gasteiger partial charge in [0.25, 0.3) is 15.9 Å². The molecule has 1 aliphatic heterocycles. The van der Waals surface area contributed by atoms with Gasteiger partial charge >= 0.3 is 0 Å². The van der Waals surface area contributed by atoms with E-state index in [1.165, 1.54) is 47.3 Å². The number of carbonyl (C=O) groups is 1. The summed E-state index contributed by atoms with van der Waals surface area (Å²) in [6.07, 6.45) is 0.831. The Morgan fingerprint density at radius 2 is 1.82 bits per heavy atom. The smallest absolute Gasteiger partial charge is 0.261 e. The Kier molecular flexibility index (Phi) is 4.91. The van der Waals surface area contributed by atoms with Crippen LogP contribution in [-0.2, 0) is 23.0 Å². The van der Waals surface area contributed by atoms with Gasteiger partial charge in [0.05, 0.1) is 10.6 Å². The topological polar surface area (TPSA) is 66.5 Å². The Labute approximate surface area is 166 Å². The van der Waals surface area contributed by atoms with E-state index in [1.807, 2.05) is 11.4 Å². The molecule has 0 bridgehead atoms. The summed E-state index contributed by atoms with van der Waals surface area (Å²) in [5, 5.41) is 2.03. The van der Waals surface area contributed by atoms with Crippen LogP contribution in [0.25, 0.3) is 0 Å². The van der Waals surface area contributed by atoms with E-state index < -0.39 is 15.8 Å². The van der Waals surface area contributed by atoms with Crippen molar-refractivity contribution in [3.05, 3.63) is 81.8 Å². The third-order valence-corrected chi connectivity index (χ3v) is 7.03. The first-order valence-electron chi connectivity index (χ1n) is 8.66. The lowest BCUT2D eigenvalue weighted by Crippen LogP contribution is -2.35. The molecule has 1 amide bonds. The number of benzene rings is 2. The molecule has 3 aromatic rings. The molecule has 1 N–H and O–H groups in total. The van der Waals surface area contributed by atoms with Gasteiger partial charge in [-0.3, -0.25) is 9.52 Å². The van der Waals surface area contributed by atoms with E-state index in [-0.39, 0.29) is 16.5 Å². The predicted octanol–water partition coefficient (Wildman–Crippen LogP) is 3.89. The Balaban J connectivity index is 1.51.